The lowest BCUT2D eigenvalue weighted by Gasteiger charge is -2.42. The Bertz CT molecular complexity index is 1110. The first-order valence-electron chi connectivity index (χ1n) is 9.53. The molecule has 1 amide bonds. The van der Waals surface area contributed by atoms with Crippen molar-refractivity contribution in [2.45, 2.75) is 30.9 Å². The van der Waals surface area contributed by atoms with Gasteiger partial charge in [-0.3, -0.25) is 4.79 Å². The molecule has 2 aromatic carbocycles. The first kappa shape index (κ1) is 21.5. The summed E-state index contributed by atoms with van der Waals surface area (Å²) < 4.78 is 55.9. The molecule has 1 fully saturated rings. The Hall–Kier alpha value is -2.75. The molecule has 0 radical (unpaired) electrons. The maximum Gasteiger partial charge on any atom is 0.435 e. The van der Waals surface area contributed by atoms with E-state index in [-0.39, 0.29) is 17.6 Å². The zero-order valence-electron chi connectivity index (χ0n) is 16.1. The highest BCUT2D eigenvalue weighted by molar-refractivity contribution is 9.10. The average molecular weight is 497 g/mol. The lowest BCUT2D eigenvalue weighted by molar-refractivity contribution is -0.143. The van der Waals surface area contributed by atoms with Gasteiger partial charge in [0.1, 0.15) is 5.82 Å². The van der Waals surface area contributed by atoms with Crippen LogP contribution >= 0.6 is 15.9 Å². The lowest BCUT2D eigenvalue weighted by atomic mass is 9.64. The number of nitrogens with one attached hydrogen (secondary N) is 1. The van der Waals surface area contributed by atoms with Crippen molar-refractivity contribution in [3.8, 4) is 5.69 Å². The van der Waals surface area contributed by atoms with Gasteiger partial charge < -0.3 is 5.32 Å². The molecule has 0 saturated heterocycles. The summed E-state index contributed by atoms with van der Waals surface area (Å²) in [5, 5.41) is 9.62. The predicted octanol–water partition coefficient (Wildman–Crippen LogP) is 5.04. The van der Waals surface area contributed by atoms with Crippen LogP contribution in [-0.2, 0) is 11.6 Å². The van der Waals surface area contributed by atoms with Crippen LogP contribution in [0.15, 0.2) is 53.0 Å². The zero-order valence-corrected chi connectivity index (χ0v) is 17.7. The van der Waals surface area contributed by atoms with Gasteiger partial charge in [0.2, 0.25) is 0 Å². The van der Waals surface area contributed by atoms with E-state index in [0.717, 1.165) is 53.6 Å². The Labute approximate surface area is 183 Å². The van der Waals surface area contributed by atoms with Gasteiger partial charge in [-0.15, -0.1) is 5.10 Å². The largest absolute Gasteiger partial charge is 0.435 e. The molecule has 1 aromatic heterocycles. The van der Waals surface area contributed by atoms with Crippen molar-refractivity contribution in [2.75, 3.05) is 6.54 Å². The lowest BCUT2D eigenvalue weighted by Crippen LogP contribution is -2.46. The van der Waals surface area contributed by atoms with Crippen molar-refractivity contribution in [3.05, 3.63) is 75.8 Å². The third-order valence-corrected chi connectivity index (χ3v) is 6.05. The highest BCUT2D eigenvalue weighted by Crippen LogP contribution is 2.44. The summed E-state index contributed by atoms with van der Waals surface area (Å²) in [5.74, 6) is -1.56. The molecule has 1 aliphatic carbocycles. The van der Waals surface area contributed by atoms with Crippen LogP contribution in [0.1, 0.15) is 41.0 Å². The Morgan fingerprint density at radius 2 is 1.87 bits per heavy atom. The van der Waals surface area contributed by atoms with Gasteiger partial charge in [-0.05, 0) is 54.8 Å². The molecule has 1 heterocycles. The van der Waals surface area contributed by atoms with Gasteiger partial charge in [0.05, 0.1) is 5.69 Å². The highest BCUT2D eigenvalue weighted by atomic mass is 79.9. The fourth-order valence-corrected chi connectivity index (χ4v) is 4.17. The van der Waals surface area contributed by atoms with Gasteiger partial charge in [-0.25, -0.2) is 9.07 Å². The van der Waals surface area contributed by atoms with E-state index < -0.39 is 29.3 Å². The normalized spacial score (nSPS) is 15.4. The van der Waals surface area contributed by atoms with Gasteiger partial charge in [0, 0.05) is 16.4 Å². The second-order valence-electron chi connectivity index (χ2n) is 7.50. The summed E-state index contributed by atoms with van der Waals surface area (Å²) in [5.41, 5.74) is -1.49. The number of amides is 1. The minimum Gasteiger partial charge on any atom is -0.350 e. The molecule has 31 heavy (non-hydrogen) atoms. The predicted molar refractivity (Wildman–Crippen MR) is 108 cm³/mol. The first-order valence-corrected chi connectivity index (χ1v) is 10.3. The second-order valence-corrected chi connectivity index (χ2v) is 8.42. The zero-order chi connectivity index (χ0) is 22.2. The smallest absolute Gasteiger partial charge is 0.350 e. The molecule has 1 N–H and O–H groups in total. The molecule has 0 unspecified atom stereocenters. The van der Waals surface area contributed by atoms with Crippen molar-refractivity contribution < 1.29 is 22.4 Å². The number of aromatic nitrogens is 3. The van der Waals surface area contributed by atoms with E-state index in [2.05, 4.69) is 31.6 Å². The van der Waals surface area contributed by atoms with Crippen LogP contribution in [0.2, 0.25) is 0 Å². The third-order valence-electron chi connectivity index (χ3n) is 5.56. The van der Waals surface area contributed by atoms with Gasteiger partial charge in [-0.2, -0.15) is 13.2 Å². The number of carbonyl (C=O) groups excluding carboxylic acids is 1. The van der Waals surface area contributed by atoms with Gasteiger partial charge >= 0.3 is 6.18 Å². The van der Waals surface area contributed by atoms with Gasteiger partial charge in [0.25, 0.3) is 5.91 Å². The van der Waals surface area contributed by atoms with Crippen LogP contribution in [0.25, 0.3) is 5.69 Å². The minimum atomic E-state index is -4.89. The maximum absolute atomic E-state index is 13.8. The molecule has 0 bridgehead atoms. The fraction of sp³-hybridized carbons (Fsp3) is 0.286. The van der Waals surface area contributed by atoms with Crippen molar-refractivity contribution in [1.82, 2.24) is 20.3 Å². The van der Waals surface area contributed by atoms with E-state index in [1.54, 1.807) is 0 Å². The van der Waals surface area contributed by atoms with Crippen molar-refractivity contribution in [2.24, 2.45) is 0 Å². The Kier molecular flexibility index (Phi) is 5.59. The standard InChI is InChI=1S/C21H17BrF4N4O/c22-14-4-1-3-13(11-14)20(9-2-10-20)12-27-19(31)17-18(21(24,25)26)30(29-28-17)16-7-5-15(23)6-8-16/h1,3-8,11H,2,9-10,12H2,(H,27,31). The molecule has 5 nitrogen and oxygen atoms in total. The van der Waals surface area contributed by atoms with Crippen LogP contribution in [0.4, 0.5) is 17.6 Å². The Morgan fingerprint density at radius 3 is 2.45 bits per heavy atom. The van der Waals surface area contributed by atoms with E-state index in [4.69, 9.17) is 0 Å². The van der Waals surface area contributed by atoms with Crippen molar-refractivity contribution in [1.29, 1.82) is 0 Å². The monoisotopic (exact) mass is 496 g/mol. The topological polar surface area (TPSA) is 59.8 Å². The van der Waals surface area contributed by atoms with Crippen molar-refractivity contribution in [3.63, 3.8) is 0 Å². The summed E-state index contributed by atoms with van der Waals surface area (Å²) in [4.78, 5) is 12.7. The number of halogens is 5. The number of rotatable bonds is 5. The van der Waals surface area contributed by atoms with E-state index in [0.29, 0.717) is 4.68 Å². The van der Waals surface area contributed by atoms with E-state index in [1.807, 2.05) is 24.3 Å². The van der Waals surface area contributed by atoms with Gasteiger partial charge in [0.15, 0.2) is 11.4 Å². The van der Waals surface area contributed by atoms with Crippen LogP contribution in [-0.4, -0.2) is 27.4 Å². The molecule has 0 aliphatic heterocycles. The summed E-state index contributed by atoms with van der Waals surface area (Å²) in [7, 11) is 0. The van der Waals surface area contributed by atoms with Crippen molar-refractivity contribution >= 4 is 21.8 Å². The fourth-order valence-electron chi connectivity index (χ4n) is 3.77. The van der Waals surface area contributed by atoms with Crippen LogP contribution in [0.5, 0.6) is 0 Å². The number of alkyl halides is 3. The first-order chi connectivity index (χ1) is 14.7. The number of benzene rings is 2. The number of hydrogen-bond donors (Lipinski definition) is 1. The average Bonchev–Trinajstić information content (AvgIpc) is 3.13. The third kappa shape index (κ3) is 4.21. The van der Waals surface area contributed by atoms with Crippen LogP contribution < -0.4 is 5.32 Å². The van der Waals surface area contributed by atoms with E-state index >= 15 is 0 Å². The van der Waals surface area contributed by atoms with E-state index in [9.17, 15) is 22.4 Å². The molecule has 0 atom stereocenters. The van der Waals surface area contributed by atoms with E-state index in [1.165, 1.54) is 0 Å². The summed E-state index contributed by atoms with van der Waals surface area (Å²) in [6.07, 6.45) is -2.28. The quantitative estimate of drug-likeness (QED) is 0.503. The number of nitrogens with zero attached hydrogens (tertiary/aromatic N) is 3. The van der Waals surface area contributed by atoms with Gasteiger partial charge in [-0.1, -0.05) is 39.7 Å². The summed E-state index contributed by atoms with van der Waals surface area (Å²) >= 11 is 3.43. The number of carbonyl (C=O) groups is 1. The van der Waals surface area contributed by atoms with Crippen LogP contribution in [0, 0.1) is 5.82 Å². The molecule has 3 aromatic rings. The molecule has 1 aliphatic rings. The number of hydrogen-bond acceptors (Lipinski definition) is 3. The second kappa shape index (κ2) is 8.07. The molecule has 1 saturated carbocycles. The Balaban J connectivity index is 1.61. The molecular formula is C21H17BrF4N4O. The molecule has 162 valence electrons. The molecule has 0 spiro atoms. The Morgan fingerprint density at radius 1 is 1.16 bits per heavy atom. The van der Waals surface area contributed by atoms with Crippen LogP contribution in [0.3, 0.4) is 0 Å². The highest BCUT2D eigenvalue weighted by Gasteiger charge is 2.43. The summed E-state index contributed by atoms with van der Waals surface area (Å²) in [6.45, 7) is 0.184. The maximum atomic E-state index is 13.8. The molecular weight excluding hydrogens is 480 g/mol. The molecule has 4 rings (SSSR count). The molecule has 10 heteroatoms. The SMILES string of the molecule is O=C(NCC1(c2cccc(Br)c2)CCC1)c1nnn(-c2ccc(F)cc2)c1C(F)(F)F. The summed E-state index contributed by atoms with van der Waals surface area (Å²) in [6, 6.07) is 12.0. The minimum absolute atomic E-state index is 0.0510.